The van der Waals surface area contributed by atoms with Crippen LogP contribution >= 0.6 is 0 Å². The summed E-state index contributed by atoms with van der Waals surface area (Å²) in [6, 6.07) is 7.56. The van der Waals surface area contributed by atoms with Crippen molar-refractivity contribution in [3.05, 3.63) is 52.8 Å². The first-order valence-electron chi connectivity index (χ1n) is 7.96. The summed E-state index contributed by atoms with van der Waals surface area (Å²) in [5.41, 5.74) is 1.05. The van der Waals surface area contributed by atoms with E-state index in [1.165, 1.54) is 12.1 Å². The van der Waals surface area contributed by atoms with Gasteiger partial charge in [-0.25, -0.2) is 4.39 Å². The average molecular weight is 342 g/mol. The molecule has 2 aromatic carbocycles. The third-order valence-corrected chi connectivity index (χ3v) is 4.47. The summed E-state index contributed by atoms with van der Waals surface area (Å²) in [5.74, 6) is 0.326. The summed E-state index contributed by atoms with van der Waals surface area (Å²) < 4.78 is 30.0. The first-order chi connectivity index (χ1) is 12.0. The number of rotatable bonds is 4. The molecule has 0 radical (unpaired) electrons. The molecule has 6 heteroatoms. The maximum atomic E-state index is 14.0. The molecule has 0 amide bonds. The van der Waals surface area contributed by atoms with Gasteiger partial charge in [0.2, 0.25) is 6.79 Å². The van der Waals surface area contributed by atoms with Crippen LogP contribution in [0.5, 0.6) is 17.2 Å². The monoisotopic (exact) mass is 342 g/mol. The van der Waals surface area contributed by atoms with Crippen LogP contribution in [0.15, 0.2) is 30.3 Å². The summed E-state index contributed by atoms with van der Waals surface area (Å²) in [4.78, 5) is 24.5. The van der Waals surface area contributed by atoms with Gasteiger partial charge in [0.25, 0.3) is 0 Å². The van der Waals surface area contributed by atoms with E-state index < -0.39 is 5.82 Å². The molecule has 1 atom stereocenters. The summed E-state index contributed by atoms with van der Waals surface area (Å²) in [6.45, 7) is 1.68. The molecule has 2 aliphatic rings. The number of benzene rings is 2. The Morgan fingerprint density at radius 1 is 1.24 bits per heavy atom. The van der Waals surface area contributed by atoms with Crippen molar-refractivity contribution >= 4 is 11.6 Å². The van der Waals surface area contributed by atoms with Gasteiger partial charge in [-0.1, -0.05) is 6.92 Å². The molecular weight excluding hydrogens is 327 g/mol. The molecule has 5 nitrogen and oxygen atoms in total. The first-order valence-corrected chi connectivity index (χ1v) is 7.96. The standard InChI is InChI=1S/C19H15FO5/c1-10-6-13(21)19-16(5-3-12(20)18(10)19)23-8-14(22)11-2-4-15-17(7-11)25-9-24-15/h2-5,7,10H,6,8-9H2,1H3. The van der Waals surface area contributed by atoms with Crippen LogP contribution in [0.25, 0.3) is 0 Å². The lowest BCUT2D eigenvalue weighted by molar-refractivity contribution is 0.0911. The van der Waals surface area contributed by atoms with Crippen LogP contribution in [0.2, 0.25) is 0 Å². The zero-order valence-corrected chi connectivity index (χ0v) is 13.5. The Hall–Kier alpha value is -2.89. The number of halogens is 1. The van der Waals surface area contributed by atoms with Gasteiger partial charge in [-0.15, -0.1) is 0 Å². The molecule has 1 aliphatic heterocycles. The largest absolute Gasteiger partial charge is 0.485 e. The minimum Gasteiger partial charge on any atom is -0.485 e. The molecule has 128 valence electrons. The second-order valence-electron chi connectivity index (χ2n) is 6.14. The Morgan fingerprint density at radius 3 is 2.88 bits per heavy atom. The van der Waals surface area contributed by atoms with Crippen molar-refractivity contribution in [2.75, 3.05) is 13.4 Å². The molecule has 0 saturated heterocycles. The van der Waals surface area contributed by atoms with E-state index in [1.807, 2.05) is 0 Å². The minimum absolute atomic E-state index is 0.130. The van der Waals surface area contributed by atoms with E-state index in [0.717, 1.165) is 0 Å². The Kier molecular flexibility index (Phi) is 3.67. The highest BCUT2D eigenvalue weighted by atomic mass is 19.1. The zero-order valence-electron chi connectivity index (χ0n) is 13.5. The van der Waals surface area contributed by atoms with E-state index >= 15 is 0 Å². The maximum absolute atomic E-state index is 14.0. The van der Waals surface area contributed by atoms with Gasteiger partial charge in [-0.2, -0.15) is 0 Å². The summed E-state index contributed by atoms with van der Waals surface area (Å²) >= 11 is 0. The molecule has 25 heavy (non-hydrogen) atoms. The number of carbonyl (C=O) groups is 2. The van der Waals surface area contributed by atoms with Crippen molar-refractivity contribution < 1.29 is 28.2 Å². The number of hydrogen-bond acceptors (Lipinski definition) is 5. The Labute approximate surface area is 143 Å². The molecule has 0 fully saturated rings. The van der Waals surface area contributed by atoms with E-state index in [0.29, 0.717) is 22.6 Å². The SMILES string of the molecule is CC1CC(=O)c2c(OCC(=O)c3ccc4c(c3)OCO4)ccc(F)c21. The molecule has 0 N–H and O–H groups in total. The van der Waals surface area contributed by atoms with Crippen LogP contribution in [0.3, 0.4) is 0 Å². The second-order valence-corrected chi connectivity index (χ2v) is 6.14. The number of ether oxygens (including phenoxy) is 3. The molecule has 1 aliphatic carbocycles. The fourth-order valence-electron chi connectivity index (χ4n) is 3.24. The van der Waals surface area contributed by atoms with Crippen LogP contribution in [-0.4, -0.2) is 25.0 Å². The lowest BCUT2D eigenvalue weighted by Gasteiger charge is -2.11. The fourth-order valence-corrected chi connectivity index (χ4v) is 3.24. The Bertz CT molecular complexity index is 890. The highest BCUT2D eigenvalue weighted by Crippen LogP contribution is 2.40. The highest BCUT2D eigenvalue weighted by Gasteiger charge is 2.32. The number of Topliss-reactive ketones (excluding diaryl/α,β-unsaturated/α-hetero) is 2. The van der Waals surface area contributed by atoms with E-state index in [-0.39, 0.29) is 48.6 Å². The van der Waals surface area contributed by atoms with E-state index in [9.17, 15) is 14.0 Å². The number of fused-ring (bicyclic) bond motifs is 2. The van der Waals surface area contributed by atoms with Crippen molar-refractivity contribution in [3.8, 4) is 17.2 Å². The smallest absolute Gasteiger partial charge is 0.231 e. The minimum atomic E-state index is -0.414. The summed E-state index contributed by atoms with van der Waals surface area (Å²) in [5, 5.41) is 0. The van der Waals surface area contributed by atoms with Gasteiger partial charge in [-0.05, 0) is 36.2 Å². The van der Waals surface area contributed by atoms with Gasteiger partial charge in [0, 0.05) is 17.5 Å². The summed E-state index contributed by atoms with van der Waals surface area (Å²) in [6.07, 6.45) is 0.253. The molecule has 0 aromatic heterocycles. The molecule has 0 spiro atoms. The molecular formula is C19H15FO5. The van der Waals surface area contributed by atoms with Crippen molar-refractivity contribution in [1.82, 2.24) is 0 Å². The molecule has 1 unspecified atom stereocenters. The third-order valence-electron chi connectivity index (χ3n) is 4.47. The van der Waals surface area contributed by atoms with Gasteiger partial charge in [0.05, 0.1) is 5.56 Å². The third kappa shape index (κ3) is 2.63. The quantitative estimate of drug-likeness (QED) is 0.796. The Balaban J connectivity index is 1.54. The van der Waals surface area contributed by atoms with Gasteiger partial charge in [0.15, 0.2) is 29.7 Å². The molecule has 0 bridgehead atoms. The van der Waals surface area contributed by atoms with Crippen LogP contribution in [0.1, 0.15) is 45.5 Å². The van der Waals surface area contributed by atoms with Crippen molar-refractivity contribution in [3.63, 3.8) is 0 Å². The topological polar surface area (TPSA) is 61.8 Å². The average Bonchev–Trinajstić information content (AvgIpc) is 3.18. The highest BCUT2D eigenvalue weighted by molar-refractivity contribution is 6.04. The zero-order chi connectivity index (χ0) is 17.6. The maximum Gasteiger partial charge on any atom is 0.231 e. The molecule has 2 aromatic rings. The molecule has 0 saturated carbocycles. The predicted octanol–water partition coefficient (Wildman–Crippen LogP) is 3.51. The van der Waals surface area contributed by atoms with Gasteiger partial charge < -0.3 is 14.2 Å². The predicted molar refractivity (Wildman–Crippen MR) is 86.2 cm³/mol. The molecule has 1 heterocycles. The van der Waals surface area contributed by atoms with Gasteiger partial charge in [-0.3, -0.25) is 9.59 Å². The lowest BCUT2D eigenvalue weighted by Crippen LogP contribution is -2.13. The van der Waals surface area contributed by atoms with E-state index in [2.05, 4.69) is 0 Å². The van der Waals surface area contributed by atoms with Crippen LogP contribution in [-0.2, 0) is 0 Å². The van der Waals surface area contributed by atoms with Crippen molar-refractivity contribution in [1.29, 1.82) is 0 Å². The van der Waals surface area contributed by atoms with E-state index in [1.54, 1.807) is 25.1 Å². The van der Waals surface area contributed by atoms with Crippen molar-refractivity contribution in [2.24, 2.45) is 0 Å². The van der Waals surface area contributed by atoms with Crippen molar-refractivity contribution in [2.45, 2.75) is 19.3 Å². The second kappa shape index (κ2) is 5.88. The van der Waals surface area contributed by atoms with Crippen LogP contribution in [0, 0.1) is 5.82 Å². The summed E-state index contributed by atoms with van der Waals surface area (Å²) in [7, 11) is 0. The number of ketones is 2. The normalized spacial score (nSPS) is 17.5. The van der Waals surface area contributed by atoms with Crippen LogP contribution < -0.4 is 14.2 Å². The molecule has 4 rings (SSSR count). The number of hydrogen-bond donors (Lipinski definition) is 0. The first kappa shape index (κ1) is 15.6. The lowest BCUT2D eigenvalue weighted by atomic mass is 10.0. The Morgan fingerprint density at radius 2 is 2.04 bits per heavy atom. The van der Waals surface area contributed by atoms with E-state index in [4.69, 9.17) is 14.2 Å². The van der Waals surface area contributed by atoms with Gasteiger partial charge >= 0.3 is 0 Å². The fraction of sp³-hybridized carbons (Fsp3) is 0.263. The number of carbonyl (C=O) groups excluding carboxylic acids is 2. The van der Waals surface area contributed by atoms with Crippen LogP contribution in [0.4, 0.5) is 4.39 Å². The van der Waals surface area contributed by atoms with Gasteiger partial charge in [0.1, 0.15) is 11.6 Å².